The lowest BCUT2D eigenvalue weighted by molar-refractivity contribution is -0.143. The Balaban J connectivity index is 3.00. The summed E-state index contributed by atoms with van der Waals surface area (Å²) in [4.78, 5) is 65.4. The first-order valence-corrected chi connectivity index (χ1v) is 9.25. The van der Waals surface area contributed by atoms with Crippen LogP contribution in [0.2, 0.25) is 0 Å². The van der Waals surface area contributed by atoms with Crippen LogP contribution >= 0.6 is 0 Å². The molecule has 0 saturated heterocycles. The van der Waals surface area contributed by atoms with Crippen molar-refractivity contribution in [3.05, 3.63) is 18.2 Å². The third-order valence-electron chi connectivity index (χ3n) is 4.14. The summed E-state index contributed by atoms with van der Waals surface area (Å²) in [6.45, 7) is 0.815. The lowest BCUT2D eigenvalue weighted by Crippen LogP contribution is -2.59. The monoisotopic (exact) mass is 442 g/mol. The molecule has 1 heterocycles. The second-order valence-corrected chi connectivity index (χ2v) is 6.66. The van der Waals surface area contributed by atoms with Crippen molar-refractivity contribution in [3.63, 3.8) is 0 Å². The normalized spacial score (nSPS) is 14.5. The van der Waals surface area contributed by atoms with Gasteiger partial charge < -0.3 is 42.0 Å². The lowest BCUT2D eigenvalue weighted by Gasteiger charge is -2.25. The van der Waals surface area contributed by atoms with E-state index in [0.29, 0.717) is 5.69 Å². The number of aromatic amines is 1. The maximum Gasteiger partial charge on any atom is 0.326 e. The first kappa shape index (κ1) is 25.5. The number of nitrogens with one attached hydrogen (secondary N) is 4. The third-order valence-corrected chi connectivity index (χ3v) is 4.14. The zero-order valence-corrected chi connectivity index (χ0v) is 16.7. The van der Waals surface area contributed by atoms with Gasteiger partial charge in [-0.1, -0.05) is 0 Å². The van der Waals surface area contributed by atoms with Crippen LogP contribution in [0.5, 0.6) is 0 Å². The van der Waals surface area contributed by atoms with E-state index < -0.39 is 66.9 Å². The quantitative estimate of drug-likeness (QED) is 0.151. The molecule has 0 aliphatic carbocycles. The minimum atomic E-state index is -1.51. The van der Waals surface area contributed by atoms with Crippen LogP contribution in [-0.4, -0.2) is 85.7 Å². The predicted octanol–water partition coefficient (Wildman–Crippen LogP) is -3.30. The number of imidazole rings is 1. The zero-order chi connectivity index (χ0) is 23.6. The molecule has 172 valence electrons. The number of hydrogen-bond acceptors (Lipinski definition) is 8. The fourth-order valence-corrected chi connectivity index (χ4v) is 2.52. The number of rotatable bonds is 13. The number of carboxylic acids is 2. The minimum Gasteiger partial charge on any atom is -0.481 e. The maximum atomic E-state index is 12.7. The van der Waals surface area contributed by atoms with Gasteiger partial charge in [-0.05, 0) is 13.3 Å². The van der Waals surface area contributed by atoms with Crippen LogP contribution in [0.15, 0.2) is 12.5 Å². The van der Waals surface area contributed by atoms with Crippen molar-refractivity contribution in [2.24, 2.45) is 5.73 Å². The number of aliphatic hydroxyl groups is 1. The number of aliphatic carboxylic acids is 2. The van der Waals surface area contributed by atoms with E-state index in [-0.39, 0.29) is 12.8 Å². The van der Waals surface area contributed by atoms with Crippen LogP contribution in [-0.2, 0) is 30.4 Å². The Hall–Kier alpha value is -3.52. The third kappa shape index (κ3) is 8.79. The standard InChI is InChI=1S/C17H26N6O8/c1-8(24)14(23-12(25)5-18)16(29)22-11(4-9-6-19-7-20-9)15(28)21-10(17(30)31)2-3-13(26)27/h6-8,10-11,14,24H,2-5,18H2,1H3,(H,19,20)(H,21,28)(H,22,29)(H,23,25)(H,26,27)(H,30,31). The van der Waals surface area contributed by atoms with E-state index in [0.717, 1.165) is 0 Å². The predicted molar refractivity (Wildman–Crippen MR) is 103 cm³/mol. The van der Waals surface area contributed by atoms with Gasteiger partial charge in [-0.25, -0.2) is 9.78 Å². The Kier molecular flexibility index (Phi) is 10.1. The van der Waals surface area contributed by atoms with Crippen molar-refractivity contribution >= 4 is 29.7 Å². The number of hydrogen-bond donors (Lipinski definition) is 8. The Morgan fingerprint density at radius 2 is 1.74 bits per heavy atom. The molecular weight excluding hydrogens is 416 g/mol. The number of carboxylic acid groups (broad SMARTS) is 2. The fraction of sp³-hybridized carbons (Fsp3) is 0.529. The van der Waals surface area contributed by atoms with Gasteiger partial charge in [0.25, 0.3) is 0 Å². The molecule has 31 heavy (non-hydrogen) atoms. The number of H-pyrrole nitrogens is 1. The number of amides is 3. The number of aromatic nitrogens is 2. The molecule has 0 aliphatic heterocycles. The van der Waals surface area contributed by atoms with E-state index in [9.17, 15) is 34.2 Å². The van der Waals surface area contributed by atoms with Gasteiger partial charge in [-0.2, -0.15) is 0 Å². The second-order valence-electron chi connectivity index (χ2n) is 6.66. The van der Waals surface area contributed by atoms with Crippen molar-refractivity contribution in [1.82, 2.24) is 25.9 Å². The van der Waals surface area contributed by atoms with Crippen LogP contribution in [0.3, 0.4) is 0 Å². The molecule has 1 rings (SSSR count). The number of carbonyl (C=O) groups is 5. The largest absolute Gasteiger partial charge is 0.481 e. The number of aliphatic hydroxyl groups excluding tert-OH is 1. The summed E-state index contributed by atoms with van der Waals surface area (Å²) in [5.74, 6) is -5.21. The highest BCUT2D eigenvalue weighted by atomic mass is 16.4. The first-order valence-electron chi connectivity index (χ1n) is 9.25. The van der Waals surface area contributed by atoms with E-state index in [1.165, 1.54) is 19.4 Å². The second kappa shape index (κ2) is 12.2. The smallest absolute Gasteiger partial charge is 0.326 e. The molecule has 0 fully saturated rings. The number of nitrogens with two attached hydrogens (primary N) is 1. The van der Waals surface area contributed by atoms with E-state index in [4.69, 9.17) is 10.8 Å². The van der Waals surface area contributed by atoms with Gasteiger partial charge in [-0.3, -0.25) is 19.2 Å². The SMILES string of the molecule is CC(O)C(NC(=O)CN)C(=O)NC(Cc1cnc[nH]1)C(=O)NC(CCC(=O)O)C(=O)O. The first-order chi connectivity index (χ1) is 14.5. The summed E-state index contributed by atoms with van der Waals surface area (Å²) in [5, 5.41) is 34.6. The molecule has 14 nitrogen and oxygen atoms in total. The molecule has 0 spiro atoms. The van der Waals surface area contributed by atoms with Gasteiger partial charge in [0.2, 0.25) is 17.7 Å². The lowest BCUT2D eigenvalue weighted by atomic mass is 10.1. The van der Waals surface area contributed by atoms with Crippen molar-refractivity contribution in [2.45, 2.75) is 50.4 Å². The van der Waals surface area contributed by atoms with Crippen molar-refractivity contribution in [1.29, 1.82) is 0 Å². The van der Waals surface area contributed by atoms with Crippen LogP contribution < -0.4 is 21.7 Å². The molecule has 0 saturated carbocycles. The summed E-state index contributed by atoms with van der Waals surface area (Å²) >= 11 is 0. The Labute approximate surface area is 176 Å². The topological polar surface area (TPSA) is 237 Å². The van der Waals surface area contributed by atoms with Gasteiger partial charge >= 0.3 is 11.9 Å². The van der Waals surface area contributed by atoms with E-state index >= 15 is 0 Å². The van der Waals surface area contributed by atoms with Crippen molar-refractivity contribution < 1.29 is 39.3 Å². The molecule has 4 atom stereocenters. The highest BCUT2D eigenvalue weighted by Crippen LogP contribution is 2.04. The molecule has 0 radical (unpaired) electrons. The van der Waals surface area contributed by atoms with Crippen molar-refractivity contribution in [3.8, 4) is 0 Å². The maximum absolute atomic E-state index is 12.7. The molecule has 0 bridgehead atoms. The molecule has 14 heteroatoms. The van der Waals surface area contributed by atoms with Gasteiger partial charge in [-0.15, -0.1) is 0 Å². The molecular formula is C17H26N6O8. The molecule has 1 aromatic rings. The van der Waals surface area contributed by atoms with Crippen LogP contribution in [0.25, 0.3) is 0 Å². The molecule has 4 unspecified atom stereocenters. The summed E-state index contributed by atoms with van der Waals surface area (Å²) in [5.41, 5.74) is 5.62. The molecule has 1 aromatic heterocycles. The van der Waals surface area contributed by atoms with E-state index in [1.54, 1.807) is 0 Å². The summed E-state index contributed by atoms with van der Waals surface area (Å²) in [7, 11) is 0. The average Bonchev–Trinajstić information content (AvgIpc) is 3.20. The average molecular weight is 442 g/mol. The zero-order valence-electron chi connectivity index (χ0n) is 16.7. The summed E-state index contributed by atoms with van der Waals surface area (Å²) < 4.78 is 0. The highest BCUT2D eigenvalue weighted by molar-refractivity contribution is 5.94. The number of nitrogens with zero attached hydrogens (tertiary/aromatic N) is 1. The van der Waals surface area contributed by atoms with E-state index in [2.05, 4.69) is 25.9 Å². The van der Waals surface area contributed by atoms with Crippen molar-refractivity contribution in [2.75, 3.05) is 6.54 Å². The molecule has 0 aromatic carbocycles. The number of carbonyl (C=O) groups excluding carboxylic acids is 3. The van der Waals surface area contributed by atoms with Gasteiger partial charge in [0.15, 0.2) is 0 Å². The Morgan fingerprint density at radius 3 is 2.23 bits per heavy atom. The fourth-order valence-electron chi connectivity index (χ4n) is 2.52. The van der Waals surface area contributed by atoms with Crippen LogP contribution in [0, 0.1) is 0 Å². The van der Waals surface area contributed by atoms with Crippen LogP contribution in [0.1, 0.15) is 25.5 Å². The summed E-state index contributed by atoms with van der Waals surface area (Å²) in [6.07, 6.45) is 0.398. The molecule has 0 aliphatic rings. The molecule has 3 amide bonds. The Morgan fingerprint density at radius 1 is 1.10 bits per heavy atom. The van der Waals surface area contributed by atoms with Gasteiger partial charge in [0, 0.05) is 24.7 Å². The summed E-state index contributed by atoms with van der Waals surface area (Å²) in [6, 6.07) is -4.25. The molecule has 9 N–H and O–H groups in total. The highest BCUT2D eigenvalue weighted by Gasteiger charge is 2.31. The minimum absolute atomic E-state index is 0.125. The van der Waals surface area contributed by atoms with Gasteiger partial charge in [0.05, 0.1) is 19.0 Å². The van der Waals surface area contributed by atoms with E-state index in [1.807, 2.05) is 0 Å². The van der Waals surface area contributed by atoms with Gasteiger partial charge in [0.1, 0.15) is 18.1 Å². The van der Waals surface area contributed by atoms with Crippen LogP contribution in [0.4, 0.5) is 0 Å². The Bertz CT molecular complexity index is 782.